The number of nitriles is 1. The molecule has 9 heteroatoms. The summed E-state index contributed by atoms with van der Waals surface area (Å²) in [6.45, 7) is 7.02. The van der Waals surface area contributed by atoms with E-state index >= 15 is 0 Å². The number of aromatic nitrogens is 4. The quantitative estimate of drug-likeness (QED) is 0.640. The molecule has 0 atom stereocenters. The van der Waals surface area contributed by atoms with Crippen LogP contribution >= 0.6 is 11.6 Å². The second kappa shape index (κ2) is 8.28. The molecule has 0 unspecified atom stereocenters. The first kappa shape index (κ1) is 20.1. The maximum absolute atomic E-state index is 12.3. The van der Waals surface area contributed by atoms with Crippen molar-refractivity contribution in [1.29, 1.82) is 5.26 Å². The van der Waals surface area contributed by atoms with Crippen molar-refractivity contribution in [2.24, 2.45) is 5.92 Å². The third-order valence-electron chi connectivity index (χ3n) is 5.15. The predicted octanol–water partition coefficient (Wildman–Crippen LogP) is 3.01. The van der Waals surface area contributed by atoms with Gasteiger partial charge in [0.25, 0.3) is 0 Å². The van der Waals surface area contributed by atoms with Gasteiger partial charge in [-0.2, -0.15) is 10.4 Å². The van der Waals surface area contributed by atoms with Crippen LogP contribution in [0.1, 0.15) is 25.8 Å². The Hall–Kier alpha value is -3.18. The molecule has 8 nitrogen and oxygen atoms in total. The van der Waals surface area contributed by atoms with Crippen LogP contribution in [0.2, 0.25) is 5.15 Å². The summed E-state index contributed by atoms with van der Waals surface area (Å²) in [5.74, 6) is 1.44. The van der Waals surface area contributed by atoms with Crippen molar-refractivity contribution in [3.63, 3.8) is 0 Å². The smallest absolute Gasteiger partial charge is 0.222 e. The topological polar surface area (TPSA) is 90.4 Å². The number of rotatable bonds is 4. The van der Waals surface area contributed by atoms with Crippen LogP contribution < -0.4 is 4.90 Å². The Morgan fingerprint density at radius 2 is 2.00 bits per heavy atom. The first-order valence-corrected chi connectivity index (χ1v) is 10.3. The van der Waals surface area contributed by atoms with Crippen molar-refractivity contribution in [3.05, 3.63) is 41.4 Å². The second-order valence-electron chi connectivity index (χ2n) is 7.75. The number of carbonyl (C=O) groups excluding carboxylic acids is 1. The van der Waals surface area contributed by atoms with E-state index < -0.39 is 0 Å². The fraction of sp³-hybridized carbons (Fsp3) is 0.381. The first-order valence-electron chi connectivity index (χ1n) is 9.89. The molecule has 0 aliphatic carbocycles. The highest BCUT2D eigenvalue weighted by atomic mass is 35.5. The van der Waals surface area contributed by atoms with Crippen LogP contribution in [0.3, 0.4) is 0 Å². The van der Waals surface area contributed by atoms with Crippen LogP contribution in [0, 0.1) is 17.2 Å². The van der Waals surface area contributed by atoms with E-state index in [1.807, 2.05) is 17.0 Å². The molecule has 0 N–H and O–H groups in total. The number of pyridine rings is 1. The maximum atomic E-state index is 12.3. The number of hydrogen-bond donors (Lipinski definition) is 0. The zero-order valence-electron chi connectivity index (χ0n) is 16.9. The van der Waals surface area contributed by atoms with E-state index in [0.29, 0.717) is 42.2 Å². The van der Waals surface area contributed by atoms with Gasteiger partial charge in [-0.3, -0.25) is 4.79 Å². The number of fused-ring (bicyclic) bond motifs is 1. The molecule has 0 aromatic carbocycles. The lowest BCUT2D eigenvalue weighted by Gasteiger charge is -2.35. The molecule has 4 rings (SSSR count). The number of halogens is 1. The molecular formula is C21H22ClN7O. The lowest BCUT2D eigenvalue weighted by Crippen LogP contribution is -2.49. The molecule has 1 aliphatic heterocycles. The first-order chi connectivity index (χ1) is 14.5. The van der Waals surface area contributed by atoms with Crippen LogP contribution in [0.25, 0.3) is 16.8 Å². The zero-order valence-corrected chi connectivity index (χ0v) is 17.7. The number of amides is 1. The van der Waals surface area contributed by atoms with Gasteiger partial charge in [0.05, 0.1) is 12.4 Å². The lowest BCUT2D eigenvalue weighted by molar-refractivity contribution is -0.132. The third-order valence-corrected chi connectivity index (χ3v) is 5.33. The zero-order chi connectivity index (χ0) is 21.3. The van der Waals surface area contributed by atoms with Gasteiger partial charge >= 0.3 is 0 Å². The van der Waals surface area contributed by atoms with Crippen LogP contribution in [0.4, 0.5) is 5.82 Å². The molecule has 3 aromatic heterocycles. The molecular weight excluding hydrogens is 402 g/mol. The van der Waals surface area contributed by atoms with E-state index in [1.165, 1.54) is 6.20 Å². The van der Waals surface area contributed by atoms with Gasteiger partial charge in [-0.15, -0.1) is 0 Å². The molecule has 1 amide bonds. The molecule has 30 heavy (non-hydrogen) atoms. The minimum absolute atomic E-state index is 0.220. The van der Waals surface area contributed by atoms with Gasteiger partial charge in [-0.25, -0.2) is 14.5 Å². The summed E-state index contributed by atoms with van der Waals surface area (Å²) >= 11 is 6.13. The summed E-state index contributed by atoms with van der Waals surface area (Å²) in [5.41, 5.74) is 2.36. The average Bonchev–Trinajstić information content (AvgIpc) is 3.16. The molecule has 1 fully saturated rings. The van der Waals surface area contributed by atoms with Crippen molar-refractivity contribution in [3.8, 4) is 17.3 Å². The number of piperazine rings is 1. The minimum atomic E-state index is 0.220. The highest BCUT2D eigenvalue weighted by molar-refractivity contribution is 6.29. The Balaban J connectivity index is 1.52. The van der Waals surface area contributed by atoms with Crippen molar-refractivity contribution >= 4 is 28.8 Å². The summed E-state index contributed by atoms with van der Waals surface area (Å²) in [5, 5.41) is 13.8. The summed E-state index contributed by atoms with van der Waals surface area (Å²) in [6, 6.07) is 6.00. The van der Waals surface area contributed by atoms with Gasteiger partial charge in [0.1, 0.15) is 33.8 Å². The fourth-order valence-electron chi connectivity index (χ4n) is 3.65. The van der Waals surface area contributed by atoms with Gasteiger partial charge in [0.2, 0.25) is 5.91 Å². The normalized spacial score (nSPS) is 14.4. The average molecular weight is 424 g/mol. The monoisotopic (exact) mass is 423 g/mol. The molecule has 1 saturated heterocycles. The molecule has 1 aliphatic rings. The summed E-state index contributed by atoms with van der Waals surface area (Å²) in [7, 11) is 0. The number of hydrogen-bond acceptors (Lipinski definition) is 6. The standard InChI is InChI=1S/C21H22ClN7O/c1-14(2)9-19(30)28-7-5-27(6-8-28)18-4-3-15(11-24-18)20-21-16(10-23)12-25-29(21)13-17(22)26-20/h3-4,11-14H,5-9H2,1-2H3. The van der Waals surface area contributed by atoms with E-state index in [0.717, 1.165) is 24.5 Å². The molecule has 0 saturated carbocycles. The van der Waals surface area contributed by atoms with Gasteiger partial charge in [0, 0.05) is 44.4 Å². The SMILES string of the molecule is CC(C)CC(=O)N1CCN(c2ccc(-c3nc(Cl)cn4ncc(C#N)c34)cn2)CC1. The Bertz CT molecular complexity index is 1110. The van der Waals surface area contributed by atoms with Gasteiger partial charge in [0.15, 0.2) is 0 Å². The highest BCUT2D eigenvalue weighted by Gasteiger charge is 2.22. The van der Waals surface area contributed by atoms with Crippen molar-refractivity contribution in [2.45, 2.75) is 20.3 Å². The summed E-state index contributed by atoms with van der Waals surface area (Å²) < 4.78 is 1.56. The fourth-order valence-corrected chi connectivity index (χ4v) is 3.82. The lowest BCUT2D eigenvalue weighted by atomic mass is 10.1. The Morgan fingerprint density at radius 1 is 1.23 bits per heavy atom. The molecule has 154 valence electrons. The number of carbonyl (C=O) groups is 1. The van der Waals surface area contributed by atoms with Crippen LogP contribution in [0.15, 0.2) is 30.7 Å². The van der Waals surface area contributed by atoms with E-state index in [1.54, 1.807) is 16.9 Å². The Morgan fingerprint density at radius 3 is 2.63 bits per heavy atom. The third kappa shape index (κ3) is 3.94. The van der Waals surface area contributed by atoms with Crippen LogP contribution in [-0.2, 0) is 4.79 Å². The molecule has 3 aromatic rings. The summed E-state index contributed by atoms with van der Waals surface area (Å²) in [6.07, 6.45) is 5.40. The molecule has 0 bridgehead atoms. The van der Waals surface area contributed by atoms with Crippen molar-refractivity contribution in [2.75, 3.05) is 31.1 Å². The predicted molar refractivity (Wildman–Crippen MR) is 114 cm³/mol. The van der Waals surface area contributed by atoms with Crippen LogP contribution in [0.5, 0.6) is 0 Å². The maximum Gasteiger partial charge on any atom is 0.222 e. The van der Waals surface area contributed by atoms with E-state index in [2.05, 4.69) is 39.9 Å². The van der Waals surface area contributed by atoms with E-state index in [9.17, 15) is 10.1 Å². The van der Waals surface area contributed by atoms with Crippen molar-refractivity contribution in [1.82, 2.24) is 24.5 Å². The highest BCUT2D eigenvalue weighted by Crippen LogP contribution is 2.27. The molecule has 4 heterocycles. The minimum Gasteiger partial charge on any atom is -0.353 e. The van der Waals surface area contributed by atoms with Gasteiger partial charge in [-0.05, 0) is 18.1 Å². The van der Waals surface area contributed by atoms with E-state index in [-0.39, 0.29) is 11.1 Å². The van der Waals surface area contributed by atoms with Crippen LogP contribution in [-0.4, -0.2) is 56.6 Å². The Kier molecular flexibility index (Phi) is 5.55. The molecule has 0 spiro atoms. The summed E-state index contributed by atoms with van der Waals surface area (Å²) in [4.78, 5) is 25.4. The second-order valence-corrected chi connectivity index (χ2v) is 8.13. The largest absolute Gasteiger partial charge is 0.353 e. The number of anilines is 1. The van der Waals surface area contributed by atoms with Crippen molar-refractivity contribution < 1.29 is 4.79 Å². The number of nitrogens with zero attached hydrogens (tertiary/aromatic N) is 7. The van der Waals surface area contributed by atoms with E-state index in [4.69, 9.17) is 11.6 Å². The molecule has 0 radical (unpaired) electrons. The Labute approximate surface area is 179 Å². The van der Waals surface area contributed by atoms with Gasteiger partial charge in [-0.1, -0.05) is 25.4 Å². The van der Waals surface area contributed by atoms with Gasteiger partial charge < -0.3 is 9.80 Å².